The zero-order valence-corrected chi connectivity index (χ0v) is 12.2. The van der Waals surface area contributed by atoms with Crippen LogP contribution in [0.1, 0.15) is 31.2 Å². The first-order valence-corrected chi connectivity index (χ1v) is 6.96. The summed E-state index contributed by atoms with van der Waals surface area (Å²) in [6.07, 6.45) is 4.40. The van der Waals surface area contributed by atoms with Crippen molar-refractivity contribution in [2.75, 3.05) is 12.4 Å². The molecule has 0 aromatic heterocycles. The number of anilines is 1. The van der Waals surface area contributed by atoms with Gasteiger partial charge in [0.2, 0.25) is 0 Å². The third kappa shape index (κ3) is 2.36. The molecule has 2 rings (SSSR count). The highest BCUT2D eigenvalue weighted by atomic mass is 79.9. The molecule has 0 unspecified atom stereocenters. The van der Waals surface area contributed by atoms with Gasteiger partial charge in [-0.2, -0.15) is 0 Å². The van der Waals surface area contributed by atoms with Crippen molar-refractivity contribution in [1.29, 1.82) is 0 Å². The van der Waals surface area contributed by atoms with Crippen LogP contribution in [0.4, 0.5) is 11.4 Å². The fourth-order valence-corrected chi connectivity index (χ4v) is 3.45. The third-order valence-corrected chi connectivity index (χ3v) is 4.42. The topological polar surface area (TPSA) is 72.2 Å². The Hall–Kier alpha value is -1.43. The Kier molecular flexibility index (Phi) is 3.89. The number of nitrogens with zero attached hydrogens (tertiary/aromatic N) is 1. The third-order valence-electron chi connectivity index (χ3n) is 3.79. The van der Waals surface area contributed by atoms with Crippen LogP contribution in [-0.2, 0) is 10.2 Å². The summed E-state index contributed by atoms with van der Waals surface area (Å²) in [4.78, 5) is 22.1. The standard InChI is InChI=1S/C13H15BrN2O3/c1-15-12-10(13(8-17)4-2-3-5-13)6-9(16(18)19)7-11(12)14/h6-8,15H,2-5H2,1H3. The highest BCUT2D eigenvalue weighted by Gasteiger charge is 2.38. The van der Waals surface area contributed by atoms with Crippen molar-refractivity contribution in [3.63, 3.8) is 0 Å². The molecule has 0 atom stereocenters. The van der Waals surface area contributed by atoms with Gasteiger partial charge in [0.1, 0.15) is 6.29 Å². The number of aldehydes is 1. The number of non-ortho nitro benzene ring substituents is 1. The lowest BCUT2D eigenvalue weighted by Crippen LogP contribution is -2.25. The Morgan fingerprint density at radius 2 is 2.05 bits per heavy atom. The number of hydrogen-bond acceptors (Lipinski definition) is 4. The number of nitro groups is 1. The maximum atomic E-state index is 11.6. The lowest BCUT2D eigenvalue weighted by Gasteiger charge is -2.25. The summed E-state index contributed by atoms with van der Waals surface area (Å²) in [6.45, 7) is 0. The normalized spacial score (nSPS) is 17.2. The van der Waals surface area contributed by atoms with Crippen molar-refractivity contribution in [2.45, 2.75) is 31.1 Å². The number of rotatable bonds is 4. The summed E-state index contributed by atoms with van der Waals surface area (Å²) in [7, 11) is 1.75. The molecule has 0 bridgehead atoms. The summed E-state index contributed by atoms with van der Waals surface area (Å²) in [5, 5.41) is 14.0. The molecule has 19 heavy (non-hydrogen) atoms. The number of halogens is 1. The van der Waals surface area contributed by atoms with Crippen molar-refractivity contribution < 1.29 is 9.72 Å². The Balaban J connectivity index is 2.65. The van der Waals surface area contributed by atoms with E-state index in [9.17, 15) is 14.9 Å². The van der Waals surface area contributed by atoms with Gasteiger partial charge in [-0.1, -0.05) is 12.8 Å². The van der Waals surface area contributed by atoms with E-state index < -0.39 is 10.3 Å². The molecule has 0 radical (unpaired) electrons. The highest BCUT2D eigenvalue weighted by molar-refractivity contribution is 9.10. The van der Waals surface area contributed by atoms with Crippen LogP contribution in [-0.4, -0.2) is 18.3 Å². The van der Waals surface area contributed by atoms with Gasteiger partial charge in [0, 0.05) is 23.7 Å². The molecular formula is C13H15BrN2O3. The van der Waals surface area contributed by atoms with Gasteiger partial charge in [-0.25, -0.2) is 0 Å². The summed E-state index contributed by atoms with van der Waals surface area (Å²) in [6, 6.07) is 2.99. The van der Waals surface area contributed by atoms with Gasteiger partial charge in [-0.15, -0.1) is 0 Å². The quantitative estimate of drug-likeness (QED) is 0.522. The summed E-state index contributed by atoms with van der Waals surface area (Å²) in [5.74, 6) is 0. The molecule has 6 heteroatoms. The molecule has 1 aromatic carbocycles. The Morgan fingerprint density at radius 1 is 1.42 bits per heavy atom. The zero-order valence-electron chi connectivity index (χ0n) is 10.6. The van der Waals surface area contributed by atoms with Crippen LogP contribution in [0.15, 0.2) is 16.6 Å². The highest BCUT2D eigenvalue weighted by Crippen LogP contribution is 2.45. The van der Waals surface area contributed by atoms with E-state index >= 15 is 0 Å². The first-order valence-electron chi connectivity index (χ1n) is 6.16. The minimum absolute atomic E-state index is 0.00833. The number of hydrogen-bond donors (Lipinski definition) is 1. The van der Waals surface area contributed by atoms with Gasteiger partial charge >= 0.3 is 0 Å². The average molecular weight is 327 g/mol. The van der Waals surface area contributed by atoms with E-state index in [4.69, 9.17) is 0 Å². The van der Waals surface area contributed by atoms with Crippen LogP contribution in [0.5, 0.6) is 0 Å². The van der Waals surface area contributed by atoms with E-state index in [2.05, 4.69) is 21.2 Å². The Morgan fingerprint density at radius 3 is 2.53 bits per heavy atom. The predicted octanol–water partition coefficient (Wildman–Crippen LogP) is 3.41. The maximum absolute atomic E-state index is 11.6. The molecule has 1 aliphatic rings. The van der Waals surface area contributed by atoms with Gasteiger partial charge in [0.05, 0.1) is 16.0 Å². The maximum Gasteiger partial charge on any atom is 0.271 e. The van der Waals surface area contributed by atoms with Crippen molar-refractivity contribution in [1.82, 2.24) is 0 Å². The zero-order chi connectivity index (χ0) is 14.0. The smallest absolute Gasteiger partial charge is 0.271 e. The molecule has 0 amide bonds. The fraction of sp³-hybridized carbons (Fsp3) is 0.462. The lowest BCUT2D eigenvalue weighted by molar-refractivity contribution is -0.385. The molecule has 1 fully saturated rings. The van der Waals surface area contributed by atoms with E-state index in [0.717, 1.165) is 43.2 Å². The minimum Gasteiger partial charge on any atom is -0.387 e. The molecule has 102 valence electrons. The van der Waals surface area contributed by atoms with Gasteiger partial charge in [-0.3, -0.25) is 10.1 Å². The molecule has 0 spiro atoms. The van der Waals surface area contributed by atoms with Crippen molar-refractivity contribution in [3.8, 4) is 0 Å². The average Bonchev–Trinajstić information content (AvgIpc) is 2.87. The van der Waals surface area contributed by atoms with Crippen LogP contribution in [0.3, 0.4) is 0 Å². The first-order chi connectivity index (χ1) is 9.04. The van der Waals surface area contributed by atoms with Crippen LogP contribution in [0.2, 0.25) is 0 Å². The number of benzene rings is 1. The van der Waals surface area contributed by atoms with E-state index in [1.807, 2.05) is 0 Å². The Labute approximate surface area is 119 Å². The molecule has 0 heterocycles. The SMILES string of the molecule is CNc1c(Br)cc([N+](=O)[O-])cc1C1(C=O)CCCC1. The molecule has 1 aliphatic carbocycles. The number of carbonyl (C=O) groups is 1. The second-order valence-electron chi connectivity index (χ2n) is 4.84. The van der Waals surface area contributed by atoms with E-state index in [1.165, 1.54) is 12.1 Å². The molecule has 1 N–H and O–H groups in total. The summed E-state index contributed by atoms with van der Waals surface area (Å²) in [5.41, 5.74) is 0.907. The lowest BCUT2D eigenvalue weighted by atomic mass is 9.79. The van der Waals surface area contributed by atoms with Crippen LogP contribution in [0, 0.1) is 10.1 Å². The van der Waals surface area contributed by atoms with E-state index in [1.54, 1.807) is 7.05 Å². The fourth-order valence-electron chi connectivity index (χ4n) is 2.80. The Bertz CT molecular complexity index is 525. The number of nitrogens with one attached hydrogen (secondary N) is 1. The van der Waals surface area contributed by atoms with Gasteiger partial charge < -0.3 is 10.1 Å². The largest absolute Gasteiger partial charge is 0.387 e. The van der Waals surface area contributed by atoms with Crippen LogP contribution < -0.4 is 5.32 Å². The molecule has 0 aliphatic heterocycles. The van der Waals surface area contributed by atoms with Crippen molar-refractivity contribution in [3.05, 3.63) is 32.3 Å². The summed E-state index contributed by atoms with van der Waals surface area (Å²) < 4.78 is 0.618. The second kappa shape index (κ2) is 5.28. The van der Waals surface area contributed by atoms with Crippen molar-refractivity contribution in [2.24, 2.45) is 0 Å². The summed E-state index contributed by atoms with van der Waals surface area (Å²) >= 11 is 3.34. The van der Waals surface area contributed by atoms with Crippen LogP contribution in [0.25, 0.3) is 0 Å². The van der Waals surface area contributed by atoms with Gasteiger partial charge in [-0.05, 0) is 34.3 Å². The monoisotopic (exact) mass is 326 g/mol. The van der Waals surface area contributed by atoms with Gasteiger partial charge in [0.15, 0.2) is 0 Å². The van der Waals surface area contributed by atoms with Crippen LogP contribution >= 0.6 is 15.9 Å². The van der Waals surface area contributed by atoms with Gasteiger partial charge in [0.25, 0.3) is 5.69 Å². The van der Waals surface area contributed by atoms with Crippen molar-refractivity contribution >= 4 is 33.6 Å². The molecule has 0 saturated heterocycles. The number of nitro benzene ring substituents is 1. The minimum atomic E-state index is -0.590. The predicted molar refractivity (Wildman–Crippen MR) is 76.6 cm³/mol. The molecule has 1 aromatic rings. The molecule has 1 saturated carbocycles. The van der Waals surface area contributed by atoms with E-state index in [0.29, 0.717) is 4.47 Å². The second-order valence-corrected chi connectivity index (χ2v) is 5.69. The molecule has 5 nitrogen and oxygen atoms in total. The number of carbonyl (C=O) groups excluding carboxylic acids is 1. The first kappa shape index (κ1) is 14.0. The van der Waals surface area contributed by atoms with E-state index in [-0.39, 0.29) is 5.69 Å². The molecular weight excluding hydrogens is 312 g/mol.